The molecule has 0 spiro atoms. The fourth-order valence-electron chi connectivity index (χ4n) is 7.84. The number of benzene rings is 7. The highest BCUT2D eigenvalue weighted by Crippen LogP contribution is 2.41. The van der Waals surface area contributed by atoms with E-state index in [1.807, 2.05) is 0 Å². The molecule has 0 fully saturated rings. The number of hydrogen-bond acceptors (Lipinski definition) is 1. The molecule has 0 saturated heterocycles. The number of rotatable bonds is 5. The molecule has 1 aliphatic rings. The molecule has 2 heterocycles. The summed E-state index contributed by atoms with van der Waals surface area (Å²) in [6.45, 7) is 5.54. The van der Waals surface area contributed by atoms with Gasteiger partial charge in [0.15, 0.2) is 0 Å². The lowest BCUT2D eigenvalue weighted by Gasteiger charge is -2.37. The zero-order valence-corrected chi connectivity index (χ0v) is 27.5. The standard InChI is InChI=1S/C46H38N2/c1-31(2)36-16-17-37-28-38(32-10-4-3-5-11-32)30-47(45(37)29-36)39-23-18-33(19-24-39)34-20-25-40(26-21-34)48-44-15-9-8-14-42(44)43-27-22-35-12-6-7-13-41(35)46(43)48/h3-27,29,31,38H,28,30H2,1-2H3. The van der Waals surface area contributed by atoms with Crippen molar-refractivity contribution in [2.75, 3.05) is 11.4 Å². The third kappa shape index (κ3) is 4.79. The number of nitrogens with zero attached hydrogens (tertiary/aromatic N) is 2. The fourth-order valence-corrected chi connectivity index (χ4v) is 7.84. The SMILES string of the molecule is CC(C)c1ccc2c(c1)N(c1ccc(-c3ccc(-n4c5ccccc5c5ccc6ccccc6c54)cc3)cc1)CC(c1ccccc1)C2. The summed E-state index contributed by atoms with van der Waals surface area (Å²) in [6.07, 6.45) is 1.07. The first-order valence-electron chi connectivity index (χ1n) is 17.2. The lowest BCUT2D eigenvalue weighted by atomic mass is 9.85. The van der Waals surface area contributed by atoms with Crippen LogP contribution in [-0.2, 0) is 6.42 Å². The van der Waals surface area contributed by atoms with Crippen LogP contribution in [0, 0.1) is 0 Å². The second-order valence-corrected chi connectivity index (χ2v) is 13.6. The molecule has 0 amide bonds. The Hall–Kier alpha value is -5.60. The second kappa shape index (κ2) is 11.6. The quantitative estimate of drug-likeness (QED) is 0.186. The van der Waals surface area contributed by atoms with Crippen molar-refractivity contribution in [1.29, 1.82) is 0 Å². The second-order valence-electron chi connectivity index (χ2n) is 13.6. The van der Waals surface area contributed by atoms with E-state index >= 15 is 0 Å². The van der Waals surface area contributed by atoms with Gasteiger partial charge >= 0.3 is 0 Å². The lowest BCUT2D eigenvalue weighted by molar-refractivity contribution is 0.652. The number of anilines is 2. The molecule has 0 aliphatic carbocycles. The van der Waals surface area contributed by atoms with Crippen LogP contribution >= 0.6 is 0 Å². The molecule has 0 radical (unpaired) electrons. The molecule has 1 aliphatic heterocycles. The fraction of sp³-hybridized carbons (Fsp3) is 0.130. The average Bonchev–Trinajstić information content (AvgIpc) is 3.49. The molecule has 7 aromatic carbocycles. The van der Waals surface area contributed by atoms with Crippen LogP contribution in [0.1, 0.15) is 42.4 Å². The van der Waals surface area contributed by atoms with Crippen LogP contribution in [0.4, 0.5) is 11.4 Å². The van der Waals surface area contributed by atoms with E-state index in [4.69, 9.17) is 0 Å². The van der Waals surface area contributed by atoms with Crippen LogP contribution in [0.2, 0.25) is 0 Å². The molecule has 0 saturated carbocycles. The number of aromatic nitrogens is 1. The molecule has 9 rings (SSSR count). The van der Waals surface area contributed by atoms with Crippen molar-refractivity contribution in [3.63, 3.8) is 0 Å². The van der Waals surface area contributed by atoms with Gasteiger partial charge < -0.3 is 9.47 Å². The highest BCUT2D eigenvalue weighted by molar-refractivity contribution is 6.18. The first-order chi connectivity index (χ1) is 23.6. The number of para-hydroxylation sites is 1. The molecule has 0 bridgehead atoms. The summed E-state index contributed by atoms with van der Waals surface area (Å²) in [5, 5.41) is 5.11. The van der Waals surface area contributed by atoms with Gasteiger partial charge in [-0.15, -0.1) is 0 Å². The topological polar surface area (TPSA) is 8.17 Å². The van der Waals surface area contributed by atoms with Crippen LogP contribution in [0.25, 0.3) is 49.4 Å². The van der Waals surface area contributed by atoms with Crippen LogP contribution < -0.4 is 4.90 Å². The Morgan fingerprint density at radius 3 is 1.98 bits per heavy atom. The van der Waals surface area contributed by atoms with Crippen molar-refractivity contribution in [2.45, 2.75) is 32.1 Å². The van der Waals surface area contributed by atoms with Gasteiger partial charge in [-0.2, -0.15) is 0 Å². The summed E-state index contributed by atoms with van der Waals surface area (Å²) in [5.41, 5.74) is 13.0. The van der Waals surface area contributed by atoms with E-state index in [0.717, 1.165) is 13.0 Å². The summed E-state index contributed by atoms with van der Waals surface area (Å²) >= 11 is 0. The van der Waals surface area contributed by atoms with Crippen molar-refractivity contribution < 1.29 is 0 Å². The summed E-state index contributed by atoms with van der Waals surface area (Å²) in [7, 11) is 0. The van der Waals surface area contributed by atoms with Crippen molar-refractivity contribution in [1.82, 2.24) is 4.57 Å². The minimum absolute atomic E-state index is 0.453. The summed E-state index contributed by atoms with van der Waals surface area (Å²) in [4.78, 5) is 2.54. The van der Waals surface area contributed by atoms with Crippen molar-refractivity contribution in [2.24, 2.45) is 0 Å². The molecule has 48 heavy (non-hydrogen) atoms. The van der Waals surface area contributed by atoms with Crippen LogP contribution in [0.3, 0.4) is 0 Å². The van der Waals surface area contributed by atoms with Gasteiger partial charge in [-0.1, -0.05) is 135 Å². The molecule has 8 aromatic rings. The van der Waals surface area contributed by atoms with E-state index < -0.39 is 0 Å². The van der Waals surface area contributed by atoms with Crippen molar-refractivity contribution in [3.8, 4) is 16.8 Å². The average molecular weight is 619 g/mol. The molecule has 1 atom stereocenters. The maximum absolute atomic E-state index is 2.54. The normalized spacial score (nSPS) is 14.6. The molecule has 1 unspecified atom stereocenters. The molecule has 232 valence electrons. The Morgan fingerprint density at radius 1 is 0.562 bits per heavy atom. The van der Waals surface area contributed by atoms with Crippen molar-refractivity contribution >= 4 is 44.0 Å². The summed E-state index contributed by atoms with van der Waals surface area (Å²) in [6, 6.07) is 58.4. The molecular weight excluding hydrogens is 581 g/mol. The van der Waals surface area contributed by atoms with Crippen LogP contribution in [-0.4, -0.2) is 11.1 Å². The monoisotopic (exact) mass is 618 g/mol. The van der Waals surface area contributed by atoms with Gasteiger partial charge in [0.05, 0.1) is 11.0 Å². The maximum atomic E-state index is 2.54. The Kier molecular flexibility index (Phi) is 6.90. The van der Waals surface area contributed by atoms with Crippen LogP contribution in [0.5, 0.6) is 0 Å². The number of fused-ring (bicyclic) bond motifs is 6. The Balaban J connectivity index is 1.08. The van der Waals surface area contributed by atoms with Crippen LogP contribution in [0.15, 0.2) is 158 Å². The smallest absolute Gasteiger partial charge is 0.0619 e. The van der Waals surface area contributed by atoms with E-state index in [0.29, 0.717) is 11.8 Å². The van der Waals surface area contributed by atoms with E-state index in [2.05, 4.69) is 181 Å². The highest BCUT2D eigenvalue weighted by atomic mass is 15.1. The first kappa shape index (κ1) is 28.6. The largest absolute Gasteiger partial charge is 0.341 e. The molecule has 2 heteroatoms. The molecule has 2 nitrogen and oxygen atoms in total. The Morgan fingerprint density at radius 2 is 1.23 bits per heavy atom. The lowest BCUT2D eigenvalue weighted by Crippen LogP contribution is -2.30. The van der Waals surface area contributed by atoms with Crippen molar-refractivity contribution in [3.05, 3.63) is 174 Å². The third-order valence-electron chi connectivity index (χ3n) is 10.4. The van der Waals surface area contributed by atoms with E-state index in [1.54, 1.807) is 0 Å². The number of hydrogen-bond donors (Lipinski definition) is 0. The zero-order valence-electron chi connectivity index (χ0n) is 27.5. The maximum Gasteiger partial charge on any atom is 0.0619 e. The van der Waals surface area contributed by atoms with E-state index in [9.17, 15) is 0 Å². The third-order valence-corrected chi connectivity index (χ3v) is 10.4. The van der Waals surface area contributed by atoms with Gasteiger partial charge in [-0.3, -0.25) is 0 Å². The van der Waals surface area contributed by atoms with Gasteiger partial charge in [0.2, 0.25) is 0 Å². The van der Waals surface area contributed by atoms with Gasteiger partial charge in [0.1, 0.15) is 0 Å². The van der Waals surface area contributed by atoms with Gasteiger partial charge in [0.25, 0.3) is 0 Å². The van der Waals surface area contributed by atoms with E-state index in [-0.39, 0.29) is 0 Å². The minimum atomic E-state index is 0.453. The Bertz CT molecular complexity index is 2410. The Labute approximate surface area is 282 Å². The molecule has 1 aromatic heterocycles. The minimum Gasteiger partial charge on any atom is -0.341 e. The van der Waals surface area contributed by atoms with Gasteiger partial charge in [0, 0.05) is 45.7 Å². The predicted octanol–water partition coefficient (Wildman–Crippen LogP) is 12.2. The predicted molar refractivity (Wildman–Crippen MR) is 204 cm³/mol. The molecular formula is C46H38N2. The summed E-state index contributed by atoms with van der Waals surface area (Å²) in [5.74, 6) is 0.948. The highest BCUT2D eigenvalue weighted by Gasteiger charge is 2.27. The molecule has 0 N–H and O–H groups in total. The first-order valence-corrected chi connectivity index (χ1v) is 17.2. The zero-order chi connectivity index (χ0) is 32.2. The summed E-state index contributed by atoms with van der Waals surface area (Å²) < 4.78 is 2.43. The van der Waals surface area contributed by atoms with Gasteiger partial charge in [-0.05, 0) is 81.9 Å². The van der Waals surface area contributed by atoms with Gasteiger partial charge in [-0.25, -0.2) is 0 Å². The van der Waals surface area contributed by atoms with E-state index in [1.165, 1.54) is 77.5 Å².